The van der Waals surface area contributed by atoms with Crippen LogP contribution in [-0.4, -0.2) is 19.1 Å². The third kappa shape index (κ3) is 3.75. The van der Waals surface area contributed by atoms with Crippen LogP contribution in [-0.2, 0) is 0 Å². The van der Waals surface area contributed by atoms with E-state index in [9.17, 15) is 0 Å². The topological polar surface area (TPSA) is 35.6 Å². The fourth-order valence-electron chi connectivity index (χ4n) is 8.79. The van der Waals surface area contributed by atoms with Crippen molar-refractivity contribution in [3.8, 4) is 45.0 Å². The molecule has 1 aliphatic carbocycles. The number of nitrogens with zero attached hydrogens (tertiary/aromatic N) is 4. The zero-order chi connectivity index (χ0) is 33.9. The van der Waals surface area contributed by atoms with E-state index in [1.165, 1.54) is 82.1 Å². The minimum atomic E-state index is 0.912. The lowest BCUT2D eigenvalue weighted by Gasteiger charge is -2.11. The highest BCUT2D eigenvalue weighted by Gasteiger charge is 2.25. The monoisotopic (exact) mass is 660 g/mol. The second kappa shape index (κ2) is 10.3. The fourth-order valence-corrected chi connectivity index (χ4v) is 8.79. The first-order valence-electron chi connectivity index (χ1n) is 17.7. The van der Waals surface area contributed by atoms with E-state index in [4.69, 9.17) is 4.98 Å². The smallest absolute Gasteiger partial charge is 0.138 e. The maximum atomic E-state index is 5.43. The lowest BCUT2D eigenvalue weighted by Crippen LogP contribution is -1.99. The maximum absolute atomic E-state index is 5.43. The second-order valence-electron chi connectivity index (χ2n) is 13.9. The summed E-state index contributed by atoms with van der Waals surface area (Å²) in [5, 5.41) is 9.74. The first kappa shape index (κ1) is 27.7. The Labute approximate surface area is 298 Å². The van der Waals surface area contributed by atoms with Crippen LogP contribution in [0, 0.1) is 0 Å². The summed E-state index contributed by atoms with van der Waals surface area (Å²) in [5.41, 5.74) is 12.8. The molecule has 1 aliphatic rings. The Kier molecular flexibility index (Phi) is 5.47. The van der Waals surface area contributed by atoms with E-state index in [-0.39, 0.29) is 0 Å². The molecule has 0 unspecified atom stereocenters. The predicted molar refractivity (Wildman–Crippen MR) is 216 cm³/mol. The van der Waals surface area contributed by atoms with Crippen LogP contribution in [0.3, 0.4) is 0 Å². The third-order valence-electron chi connectivity index (χ3n) is 11.1. The summed E-state index contributed by atoms with van der Waals surface area (Å²) in [4.78, 5) is 9.92. The zero-order valence-electron chi connectivity index (χ0n) is 28.0. The number of fused-ring (bicyclic) bond motifs is 10. The minimum Gasteiger partial charge on any atom is -0.309 e. The van der Waals surface area contributed by atoms with Gasteiger partial charge in [-0.2, -0.15) is 0 Å². The molecule has 4 aromatic heterocycles. The van der Waals surface area contributed by atoms with E-state index >= 15 is 0 Å². The zero-order valence-corrected chi connectivity index (χ0v) is 28.0. The van der Waals surface area contributed by atoms with Crippen LogP contribution in [0.4, 0.5) is 0 Å². The molecule has 0 saturated carbocycles. The van der Waals surface area contributed by atoms with Crippen molar-refractivity contribution >= 4 is 65.2 Å². The highest BCUT2D eigenvalue weighted by molar-refractivity contribution is 6.17. The summed E-state index contributed by atoms with van der Waals surface area (Å²) in [5.74, 6) is 0.912. The summed E-state index contributed by atoms with van der Waals surface area (Å²) in [6, 6.07) is 57.4. The third-order valence-corrected chi connectivity index (χ3v) is 11.1. The van der Waals surface area contributed by atoms with Crippen LogP contribution < -0.4 is 0 Å². The van der Waals surface area contributed by atoms with Crippen molar-refractivity contribution in [3.05, 3.63) is 170 Å². The van der Waals surface area contributed by atoms with Crippen LogP contribution in [0.5, 0.6) is 0 Å². The van der Waals surface area contributed by atoms with Gasteiger partial charge < -0.3 is 4.57 Å². The van der Waals surface area contributed by atoms with Gasteiger partial charge in [0.05, 0.1) is 27.8 Å². The minimum absolute atomic E-state index is 0.912. The molecular formula is C48H28N4. The number of aromatic nitrogens is 4. The van der Waals surface area contributed by atoms with Crippen LogP contribution in [0.1, 0.15) is 0 Å². The Balaban J connectivity index is 1.11. The molecule has 0 spiro atoms. The molecule has 0 fully saturated rings. The Morgan fingerprint density at radius 3 is 1.92 bits per heavy atom. The van der Waals surface area contributed by atoms with Gasteiger partial charge in [-0.15, -0.1) is 0 Å². The van der Waals surface area contributed by atoms with Crippen molar-refractivity contribution < 1.29 is 0 Å². The lowest BCUT2D eigenvalue weighted by molar-refractivity contribution is 1.09. The number of para-hydroxylation sites is 2. The van der Waals surface area contributed by atoms with Gasteiger partial charge in [-0.1, -0.05) is 91.0 Å². The fraction of sp³-hybridized carbons (Fsp3) is 0. The van der Waals surface area contributed by atoms with Gasteiger partial charge >= 0.3 is 0 Å². The first-order chi connectivity index (χ1) is 25.8. The Morgan fingerprint density at radius 2 is 1.08 bits per heavy atom. The number of hydrogen-bond acceptors (Lipinski definition) is 2. The number of pyridine rings is 2. The molecule has 0 radical (unpaired) electrons. The average molecular weight is 661 g/mol. The Bertz CT molecular complexity index is 3290. The molecule has 4 nitrogen and oxygen atoms in total. The van der Waals surface area contributed by atoms with Crippen molar-refractivity contribution in [2.24, 2.45) is 0 Å². The van der Waals surface area contributed by atoms with Gasteiger partial charge in [-0.05, 0) is 105 Å². The van der Waals surface area contributed by atoms with Gasteiger partial charge in [0.1, 0.15) is 5.82 Å². The lowest BCUT2D eigenvalue weighted by atomic mass is 10.00. The van der Waals surface area contributed by atoms with Crippen molar-refractivity contribution in [2.75, 3.05) is 0 Å². The number of hydrogen-bond donors (Lipinski definition) is 0. The highest BCUT2D eigenvalue weighted by atomic mass is 15.1. The Hall–Kier alpha value is -7.04. The van der Waals surface area contributed by atoms with Gasteiger partial charge in [0.2, 0.25) is 0 Å². The van der Waals surface area contributed by atoms with Crippen LogP contribution in [0.2, 0.25) is 0 Å². The summed E-state index contributed by atoms with van der Waals surface area (Å²) in [6.45, 7) is 0. The van der Waals surface area contributed by atoms with Crippen molar-refractivity contribution in [1.29, 1.82) is 0 Å². The standard InChI is InChI=1S/C48H28N4/c1-2-12-34(13-3-1)51-42-16-7-6-14-36(42)38-24-31(17-19-43(38)51)32-18-20-44-39(25-32)40-23-29-9-4-5-10-30(29)26-45(40)52(44)46-27-33-11-8-15-37-35-21-22-49-28-41(35)48(50-46)47(33)37/h1-28H. The maximum Gasteiger partial charge on any atom is 0.138 e. The van der Waals surface area contributed by atoms with Crippen molar-refractivity contribution in [2.45, 2.75) is 0 Å². The highest BCUT2D eigenvalue weighted by Crippen LogP contribution is 2.47. The van der Waals surface area contributed by atoms with Crippen molar-refractivity contribution in [3.63, 3.8) is 0 Å². The number of benzene rings is 7. The largest absolute Gasteiger partial charge is 0.309 e. The molecule has 0 amide bonds. The van der Waals surface area contributed by atoms with Gasteiger partial charge in [0, 0.05) is 50.6 Å². The van der Waals surface area contributed by atoms with Crippen LogP contribution >= 0.6 is 0 Å². The molecule has 52 heavy (non-hydrogen) atoms. The molecule has 0 aliphatic heterocycles. The summed E-state index contributed by atoms with van der Waals surface area (Å²) in [7, 11) is 0. The van der Waals surface area contributed by atoms with Gasteiger partial charge in [0.15, 0.2) is 0 Å². The normalized spacial score (nSPS) is 12.2. The summed E-state index contributed by atoms with van der Waals surface area (Å²) < 4.78 is 4.73. The van der Waals surface area contributed by atoms with Crippen LogP contribution in [0.15, 0.2) is 170 Å². The van der Waals surface area contributed by atoms with Crippen LogP contribution in [0.25, 0.3) is 110 Å². The van der Waals surface area contributed by atoms with E-state index in [0.29, 0.717) is 0 Å². The Morgan fingerprint density at radius 1 is 0.404 bits per heavy atom. The average Bonchev–Trinajstić information content (AvgIpc) is 3.83. The molecule has 4 heterocycles. The SMILES string of the molecule is c1ccc(-n2c3ccccc3c3cc(-c4ccc5c(c4)c4cc6ccccc6cc4n5-c4cc5cccc6c5c(n4)-c4cnccc4-6)ccc32)cc1. The summed E-state index contributed by atoms with van der Waals surface area (Å²) >= 11 is 0. The van der Waals surface area contributed by atoms with Gasteiger partial charge in [-0.25, -0.2) is 4.98 Å². The molecular weight excluding hydrogens is 633 g/mol. The molecule has 7 aromatic carbocycles. The second-order valence-corrected chi connectivity index (χ2v) is 13.9. The van der Waals surface area contributed by atoms with Gasteiger partial charge in [0.25, 0.3) is 0 Å². The summed E-state index contributed by atoms with van der Waals surface area (Å²) in [6.07, 6.45) is 3.83. The molecule has 0 N–H and O–H groups in total. The molecule has 0 saturated heterocycles. The molecule has 11 aromatic rings. The van der Waals surface area contributed by atoms with E-state index < -0.39 is 0 Å². The molecule has 0 bridgehead atoms. The molecule has 240 valence electrons. The quantitative estimate of drug-likeness (QED) is 0.189. The van der Waals surface area contributed by atoms with E-state index in [2.05, 4.69) is 172 Å². The van der Waals surface area contributed by atoms with E-state index in [0.717, 1.165) is 28.1 Å². The first-order valence-corrected chi connectivity index (χ1v) is 17.7. The van der Waals surface area contributed by atoms with E-state index in [1.807, 2.05) is 12.4 Å². The molecule has 4 heteroatoms. The van der Waals surface area contributed by atoms with Gasteiger partial charge in [-0.3, -0.25) is 9.55 Å². The molecule has 0 atom stereocenters. The number of rotatable bonds is 3. The van der Waals surface area contributed by atoms with E-state index in [1.54, 1.807) is 0 Å². The predicted octanol–water partition coefficient (Wildman–Crippen LogP) is 12.3. The molecule has 12 rings (SSSR count). The van der Waals surface area contributed by atoms with Crippen molar-refractivity contribution in [1.82, 2.24) is 19.1 Å².